The molecule has 0 aliphatic heterocycles. The first-order valence-electron chi connectivity index (χ1n) is 7.50. The molecule has 0 radical (unpaired) electrons. The zero-order chi connectivity index (χ0) is 16.8. The van der Waals surface area contributed by atoms with Gasteiger partial charge in [0, 0.05) is 19.2 Å². The summed E-state index contributed by atoms with van der Waals surface area (Å²) in [5.74, 6) is -0.300. The minimum atomic E-state index is -0.353. The van der Waals surface area contributed by atoms with E-state index in [2.05, 4.69) is 39.2 Å². The average molecular weight is 319 g/mol. The van der Waals surface area contributed by atoms with Crippen molar-refractivity contribution in [2.45, 2.75) is 13.8 Å². The van der Waals surface area contributed by atoms with Crippen LogP contribution in [0.25, 0.3) is 11.4 Å². The summed E-state index contributed by atoms with van der Waals surface area (Å²) in [5, 5.41) is 28.3. The first kappa shape index (κ1) is 16.8. The van der Waals surface area contributed by atoms with Gasteiger partial charge in [0.05, 0.1) is 5.56 Å². The number of nitrogens with one attached hydrogen (secondary N) is 2. The van der Waals surface area contributed by atoms with Crippen molar-refractivity contribution in [3.8, 4) is 22.9 Å². The fourth-order valence-electron chi connectivity index (χ4n) is 2.14. The number of carbonyl (C=O) groups is 1. The van der Waals surface area contributed by atoms with Crippen LogP contribution in [-0.2, 0) is 0 Å². The Bertz CT molecular complexity index is 667. The number of aromatic amines is 1. The molecular formula is C15H21N5O3. The lowest BCUT2D eigenvalue weighted by atomic mass is 10.2. The molecule has 0 saturated carbocycles. The van der Waals surface area contributed by atoms with Crippen LogP contribution < -0.4 is 5.32 Å². The zero-order valence-corrected chi connectivity index (χ0v) is 13.2. The predicted octanol–water partition coefficient (Wildman–Crippen LogP) is 0.954. The van der Waals surface area contributed by atoms with Gasteiger partial charge in [-0.05, 0) is 25.2 Å². The Labute approximate surface area is 134 Å². The molecule has 1 aromatic carbocycles. The smallest absolute Gasteiger partial charge is 0.288 e. The fraction of sp³-hybridized carbons (Fsp3) is 0.400. The van der Waals surface area contributed by atoms with E-state index < -0.39 is 0 Å². The number of phenols is 2. The number of nitrogens with zero attached hydrogens (tertiary/aromatic N) is 3. The van der Waals surface area contributed by atoms with Crippen molar-refractivity contribution in [3.63, 3.8) is 0 Å². The molecular weight excluding hydrogens is 298 g/mol. The SMILES string of the molecule is CCN(CC)CCNC(=O)c1nc(-c2ccc(O)cc2O)n[nH]1. The number of aromatic hydroxyl groups is 2. The molecule has 8 nitrogen and oxygen atoms in total. The van der Waals surface area contributed by atoms with E-state index in [1.54, 1.807) is 0 Å². The molecule has 124 valence electrons. The summed E-state index contributed by atoms with van der Waals surface area (Å²) in [4.78, 5) is 18.3. The Morgan fingerprint density at radius 1 is 1.30 bits per heavy atom. The van der Waals surface area contributed by atoms with Crippen molar-refractivity contribution in [2.24, 2.45) is 0 Å². The van der Waals surface area contributed by atoms with Crippen LogP contribution in [0.4, 0.5) is 0 Å². The number of amides is 1. The lowest BCUT2D eigenvalue weighted by Gasteiger charge is -2.17. The highest BCUT2D eigenvalue weighted by Gasteiger charge is 2.15. The number of rotatable bonds is 7. The van der Waals surface area contributed by atoms with Crippen molar-refractivity contribution < 1.29 is 15.0 Å². The summed E-state index contributed by atoms with van der Waals surface area (Å²) >= 11 is 0. The third-order valence-electron chi connectivity index (χ3n) is 3.53. The van der Waals surface area contributed by atoms with Crippen LogP contribution in [0.1, 0.15) is 24.5 Å². The zero-order valence-electron chi connectivity index (χ0n) is 13.2. The summed E-state index contributed by atoms with van der Waals surface area (Å²) in [6.45, 7) is 7.27. The van der Waals surface area contributed by atoms with Gasteiger partial charge in [0.1, 0.15) is 11.5 Å². The second-order valence-corrected chi connectivity index (χ2v) is 4.99. The summed E-state index contributed by atoms with van der Waals surface area (Å²) in [7, 11) is 0. The first-order chi connectivity index (χ1) is 11.0. The molecule has 1 heterocycles. The predicted molar refractivity (Wildman–Crippen MR) is 85.3 cm³/mol. The van der Waals surface area contributed by atoms with E-state index in [1.807, 2.05) is 0 Å². The lowest BCUT2D eigenvalue weighted by Crippen LogP contribution is -2.35. The third-order valence-corrected chi connectivity index (χ3v) is 3.53. The van der Waals surface area contributed by atoms with E-state index in [0.29, 0.717) is 12.1 Å². The van der Waals surface area contributed by atoms with Gasteiger partial charge >= 0.3 is 0 Å². The van der Waals surface area contributed by atoms with Crippen LogP contribution >= 0.6 is 0 Å². The summed E-state index contributed by atoms with van der Waals surface area (Å²) in [6, 6.07) is 4.08. The highest BCUT2D eigenvalue weighted by Crippen LogP contribution is 2.29. The Morgan fingerprint density at radius 3 is 2.70 bits per heavy atom. The van der Waals surface area contributed by atoms with Crippen molar-refractivity contribution in [1.29, 1.82) is 0 Å². The van der Waals surface area contributed by atoms with Gasteiger partial charge in [-0.15, -0.1) is 0 Å². The van der Waals surface area contributed by atoms with E-state index in [9.17, 15) is 15.0 Å². The molecule has 1 amide bonds. The highest BCUT2D eigenvalue weighted by molar-refractivity contribution is 5.90. The summed E-state index contributed by atoms with van der Waals surface area (Å²) in [6.07, 6.45) is 0. The van der Waals surface area contributed by atoms with E-state index in [0.717, 1.165) is 19.6 Å². The minimum absolute atomic E-state index is 0.0591. The van der Waals surface area contributed by atoms with Crippen LogP contribution in [0.5, 0.6) is 11.5 Å². The van der Waals surface area contributed by atoms with E-state index in [-0.39, 0.29) is 29.1 Å². The molecule has 0 bridgehead atoms. The number of hydrogen-bond acceptors (Lipinski definition) is 6. The number of H-pyrrole nitrogens is 1. The monoisotopic (exact) mass is 319 g/mol. The van der Waals surface area contributed by atoms with Gasteiger partial charge in [-0.1, -0.05) is 13.8 Å². The Kier molecular flexibility index (Phi) is 5.53. The van der Waals surface area contributed by atoms with Crippen molar-refractivity contribution in [1.82, 2.24) is 25.4 Å². The first-order valence-corrected chi connectivity index (χ1v) is 7.50. The van der Waals surface area contributed by atoms with Gasteiger partial charge in [0.15, 0.2) is 5.82 Å². The second kappa shape index (κ2) is 7.59. The molecule has 0 atom stereocenters. The molecule has 0 spiro atoms. The number of likely N-dealkylation sites (N-methyl/N-ethyl adjacent to an activating group) is 1. The third kappa shape index (κ3) is 4.19. The average Bonchev–Trinajstić information content (AvgIpc) is 3.01. The molecule has 1 aromatic heterocycles. The number of aromatic nitrogens is 3. The fourth-order valence-corrected chi connectivity index (χ4v) is 2.14. The molecule has 2 rings (SSSR count). The molecule has 0 aliphatic carbocycles. The highest BCUT2D eigenvalue weighted by atomic mass is 16.3. The van der Waals surface area contributed by atoms with Crippen LogP contribution in [0.3, 0.4) is 0 Å². The van der Waals surface area contributed by atoms with E-state index in [1.165, 1.54) is 18.2 Å². The number of phenolic OH excluding ortho intramolecular Hbond substituents is 2. The quantitative estimate of drug-likeness (QED) is 0.604. The molecule has 0 fully saturated rings. The number of benzene rings is 1. The molecule has 23 heavy (non-hydrogen) atoms. The van der Waals surface area contributed by atoms with Crippen molar-refractivity contribution in [3.05, 3.63) is 24.0 Å². The Hall–Kier alpha value is -2.61. The van der Waals surface area contributed by atoms with Gasteiger partial charge in [-0.25, -0.2) is 4.98 Å². The van der Waals surface area contributed by atoms with E-state index in [4.69, 9.17) is 0 Å². The molecule has 2 aromatic rings. The molecule has 0 unspecified atom stereocenters. The molecule has 0 aliphatic rings. The molecule has 8 heteroatoms. The lowest BCUT2D eigenvalue weighted by molar-refractivity contribution is 0.0939. The Morgan fingerprint density at radius 2 is 2.04 bits per heavy atom. The normalized spacial score (nSPS) is 10.9. The number of hydrogen-bond donors (Lipinski definition) is 4. The van der Waals surface area contributed by atoms with Crippen LogP contribution in [-0.4, -0.2) is 62.4 Å². The van der Waals surface area contributed by atoms with Gasteiger partial charge in [0.2, 0.25) is 5.82 Å². The molecule has 4 N–H and O–H groups in total. The maximum atomic E-state index is 12.0. The van der Waals surface area contributed by atoms with Gasteiger partial charge in [-0.2, -0.15) is 5.10 Å². The van der Waals surface area contributed by atoms with Gasteiger partial charge in [-0.3, -0.25) is 9.89 Å². The van der Waals surface area contributed by atoms with E-state index >= 15 is 0 Å². The van der Waals surface area contributed by atoms with Crippen LogP contribution in [0.2, 0.25) is 0 Å². The van der Waals surface area contributed by atoms with Crippen LogP contribution in [0.15, 0.2) is 18.2 Å². The van der Waals surface area contributed by atoms with Crippen molar-refractivity contribution in [2.75, 3.05) is 26.2 Å². The molecule has 0 saturated heterocycles. The number of carbonyl (C=O) groups excluding carboxylic acids is 1. The maximum Gasteiger partial charge on any atom is 0.288 e. The topological polar surface area (TPSA) is 114 Å². The maximum absolute atomic E-state index is 12.0. The van der Waals surface area contributed by atoms with Gasteiger partial charge < -0.3 is 20.4 Å². The largest absolute Gasteiger partial charge is 0.508 e. The van der Waals surface area contributed by atoms with Crippen molar-refractivity contribution >= 4 is 5.91 Å². The summed E-state index contributed by atoms with van der Waals surface area (Å²) < 4.78 is 0. The van der Waals surface area contributed by atoms with Gasteiger partial charge in [0.25, 0.3) is 5.91 Å². The van der Waals surface area contributed by atoms with Crippen LogP contribution in [0, 0.1) is 0 Å². The summed E-state index contributed by atoms with van der Waals surface area (Å²) in [5.41, 5.74) is 0.334. The minimum Gasteiger partial charge on any atom is -0.508 e. The second-order valence-electron chi connectivity index (χ2n) is 4.99. The Balaban J connectivity index is 2.00. The standard InChI is InChI=1S/C15H21N5O3/c1-3-20(4-2)8-7-16-15(23)14-17-13(18-19-14)11-6-5-10(21)9-12(11)22/h5-6,9,21-22H,3-4,7-8H2,1-2H3,(H,16,23)(H,17,18,19).